The molecule has 2 rings (SSSR count). The van der Waals surface area contributed by atoms with Crippen LogP contribution in [0.5, 0.6) is 0 Å². The summed E-state index contributed by atoms with van der Waals surface area (Å²) >= 11 is 0. The highest BCUT2D eigenvalue weighted by atomic mass is 16.2. The lowest BCUT2D eigenvalue weighted by molar-refractivity contribution is -0.132. The van der Waals surface area contributed by atoms with Crippen molar-refractivity contribution >= 4 is 17.8 Å². The molecule has 1 N–H and O–H groups in total. The van der Waals surface area contributed by atoms with E-state index in [2.05, 4.69) is 5.32 Å². The van der Waals surface area contributed by atoms with Crippen LogP contribution in [0.2, 0.25) is 0 Å². The summed E-state index contributed by atoms with van der Waals surface area (Å²) in [4.78, 5) is 39.3. The van der Waals surface area contributed by atoms with E-state index in [1.807, 2.05) is 0 Å². The maximum Gasteiger partial charge on any atom is 0.326 e. The molecule has 0 radical (unpaired) electrons. The molecule has 0 spiro atoms. The molecule has 2 saturated heterocycles. The van der Waals surface area contributed by atoms with E-state index in [9.17, 15) is 14.4 Å². The van der Waals surface area contributed by atoms with E-state index in [-0.39, 0.29) is 37.4 Å². The Morgan fingerprint density at radius 1 is 1.28 bits per heavy atom. The molecule has 100 valence electrons. The van der Waals surface area contributed by atoms with Crippen LogP contribution in [0.25, 0.3) is 0 Å². The fourth-order valence-corrected chi connectivity index (χ4v) is 2.17. The van der Waals surface area contributed by atoms with Gasteiger partial charge in [0.25, 0.3) is 0 Å². The van der Waals surface area contributed by atoms with Crippen molar-refractivity contribution in [1.82, 2.24) is 20.0 Å². The summed E-state index contributed by atoms with van der Waals surface area (Å²) in [7, 11) is 1.58. The highest BCUT2D eigenvalue weighted by Crippen LogP contribution is 2.09. The number of hydrogen-bond acceptors (Lipinski definition) is 4. The summed E-state index contributed by atoms with van der Waals surface area (Å²) in [5.41, 5.74) is 0. The van der Waals surface area contributed by atoms with Crippen molar-refractivity contribution in [2.45, 2.75) is 6.42 Å². The van der Waals surface area contributed by atoms with Crippen molar-refractivity contribution in [3.8, 4) is 0 Å². The quantitative estimate of drug-likeness (QED) is 0.636. The Kier molecular flexibility index (Phi) is 3.81. The number of carbonyl (C=O) groups excluding carboxylic acids is 3. The normalized spacial score (nSPS) is 20.8. The molecule has 4 amide bonds. The molecule has 7 nitrogen and oxygen atoms in total. The first-order valence-electron chi connectivity index (χ1n) is 6.13. The van der Waals surface area contributed by atoms with Crippen LogP contribution in [0.1, 0.15) is 6.42 Å². The van der Waals surface area contributed by atoms with Gasteiger partial charge in [-0.3, -0.25) is 14.5 Å². The zero-order chi connectivity index (χ0) is 13.1. The molecule has 18 heavy (non-hydrogen) atoms. The van der Waals surface area contributed by atoms with Gasteiger partial charge in [-0.05, 0) is 0 Å². The van der Waals surface area contributed by atoms with Gasteiger partial charge in [-0.15, -0.1) is 0 Å². The van der Waals surface area contributed by atoms with Crippen LogP contribution in [0, 0.1) is 0 Å². The predicted molar refractivity (Wildman–Crippen MR) is 63.8 cm³/mol. The SMILES string of the molecule is CN1CC(=O)N(CCC(=O)N2CCNCC2)C1=O. The molecule has 0 bridgehead atoms. The third kappa shape index (κ3) is 2.61. The molecular weight excluding hydrogens is 236 g/mol. The maximum atomic E-state index is 11.9. The minimum atomic E-state index is -0.312. The number of urea groups is 1. The number of carbonyl (C=O) groups is 3. The first-order chi connectivity index (χ1) is 8.59. The van der Waals surface area contributed by atoms with Crippen LogP contribution in [0.3, 0.4) is 0 Å². The predicted octanol–water partition coefficient (Wildman–Crippen LogP) is -1.30. The summed E-state index contributed by atoms with van der Waals surface area (Å²) in [6.07, 6.45) is 0.214. The van der Waals surface area contributed by atoms with E-state index >= 15 is 0 Å². The van der Waals surface area contributed by atoms with Gasteiger partial charge in [-0.2, -0.15) is 0 Å². The molecule has 2 aliphatic rings. The minimum Gasteiger partial charge on any atom is -0.340 e. The lowest BCUT2D eigenvalue weighted by atomic mass is 10.3. The van der Waals surface area contributed by atoms with Crippen LogP contribution in [0.15, 0.2) is 0 Å². The molecule has 0 atom stereocenters. The highest BCUT2D eigenvalue weighted by Gasteiger charge is 2.33. The Bertz CT molecular complexity index is 365. The topological polar surface area (TPSA) is 73.0 Å². The molecule has 2 fully saturated rings. The molecule has 7 heteroatoms. The minimum absolute atomic E-state index is 0.00616. The molecular formula is C11H18N4O3. The smallest absolute Gasteiger partial charge is 0.326 e. The van der Waals surface area contributed by atoms with Crippen LogP contribution in [0.4, 0.5) is 4.79 Å². The molecule has 0 unspecified atom stereocenters. The number of nitrogens with one attached hydrogen (secondary N) is 1. The number of hydrogen-bond donors (Lipinski definition) is 1. The van der Waals surface area contributed by atoms with Gasteiger partial charge in [0.05, 0.1) is 0 Å². The van der Waals surface area contributed by atoms with E-state index in [0.717, 1.165) is 18.0 Å². The summed E-state index contributed by atoms with van der Waals surface area (Å²) < 4.78 is 0. The van der Waals surface area contributed by atoms with Gasteiger partial charge >= 0.3 is 6.03 Å². The second kappa shape index (κ2) is 5.34. The van der Waals surface area contributed by atoms with E-state index < -0.39 is 0 Å². The van der Waals surface area contributed by atoms with Crippen LogP contribution in [-0.4, -0.2) is 78.9 Å². The Balaban J connectivity index is 1.82. The van der Waals surface area contributed by atoms with Crippen molar-refractivity contribution < 1.29 is 14.4 Å². The zero-order valence-corrected chi connectivity index (χ0v) is 10.5. The van der Waals surface area contributed by atoms with Crippen LogP contribution >= 0.6 is 0 Å². The van der Waals surface area contributed by atoms with E-state index in [0.29, 0.717) is 13.1 Å². The van der Waals surface area contributed by atoms with E-state index in [1.165, 1.54) is 4.90 Å². The monoisotopic (exact) mass is 254 g/mol. The number of imide groups is 1. The Labute approximate surface area is 106 Å². The zero-order valence-electron chi connectivity index (χ0n) is 10.5. The van der Waals surface area contributed by atoms with Gasteiger partial charge in [0.15, 0.2) is 0 Å². The first-order valence-corrected chi connectivity index (χ1v) is 6.13. The number of piperazine rings is 1. The summed E-state index contributed by atoms with van der Waals surface area (Å²) in [5, 5.41) is 3.17. The largest absolute Gasteiger partial charge is 0.340 e. The molecule has 0 saturated carbocycles. The van der Waals surface area contributed by atoms with Gasteiger partial charge in [0.1, 0.15) is 6.54 Å². The molecule has 2 heterocycles. The maximum absolute atomic E-state index is 11.9. The van der Waals surface area contributed by atoms with Crippen molar-refractivity contribution in [2.75, 3.05) is 46.3 Å². The Morgan fingerprint density at radius 3 is 2.50 bits per heavy atom. The average molecular weight is 254 g/mol. The Hall–Kier alpha value is -1.63. The fraction of sp³-hybridized carbons (Fsp3) is 0.727. The van der Waals surface area contributed by atoms with E-state index in [4.69, 9.17) is 0 Å². The average Bonchev–Trinajstić information content (AvgIpc) is 2.62. The van der Waals surface area contributed by atoms with Crippen LogP contribution < -0.4 is 5.32 Å². The second-order valence-corrected chi connectivity index (χ2v) is 4.56. The van der Waals surface area contributed by atoms with Crippen molar-refractivity contribution in [3.63, 3.8) is 0 Å². The summed E-state index contributed by atoms with van der Waals surface area (Å²) in [6.45, 7) is 3.29. The van der Waals surface area contributed by atoms with Crippen molar-refractivity contribution in [1.29, 1.82) is 0 Å². The van der Waals surface area contributed by atoms with Crippen molar-refractivity contribution in [3.05, 3.63) is 0 Å². The van der Waals surface area contributed by atoms with Gasteiger partial charge in [0.2, 0.25) is 11.8 Å². The number of likely N-dealkylation sites (N-methyl/N-ethyl adjacent to an activating group) is 1. The Morgan fingerprint density at radius 2 is 1.94 bits per heavy atom. The number of amides is 4. The lowest BCUT2D eigenvalue weighted by Gasteiger charge is -2.28. The highest BCUT2D eigenvalue weighted by molar-refractivity contribution is 6.02. The third-order valence-corrected chi connectivity index (χ3v) is 3.25. The molecule has 2 aliphatic heterocycles. The van der Waals surface area contributed by atoms with Gasteiger partial charge < -0.3 is 15.1 Å². The fourth-order valence-electron chi connectivity index (χ4n) is 2.17. The second-order valence-electron chi connectivity index (χ2n) is 4.56. The standard InChI is InChI=1S/C11H18N4O3/c1-13-8-10(17)15(11(13)18)5-2-9(16)14-6-3-12-4-7-14/h12H,2-8H2,1H3. The lowest BCUT2D eigenvalue weighted by Crippen LogP contribution is -2.47. The first kappa shape index (κ1) is 12.8. The van der Waals surface area contributed by atoms with Crippen molar-refractivity contribution in [2.24, 2.45) is 0 Å². The van der Waals surface area contributed by atoms with E-state index in [1.54, 1.807) is 11.9 Å². The molecule has 0 aromatic rings. The molecule has 0 aromatic heterocycles. The number of rotatable bonds is 3. The van der Waals surface area contributed by atoms with Gasteiger partial charge in [0, 0.05) is 46.2 Å². The van der Waals surface area contributed by atoms with Gasteiger partial charge in [-0.1, -0.05) is 0 Å². The summed E-state index contributed by atoms with van der Waals surface area (Å²) in [5.74, 6) is -0.220. The van der Waals surface area contributed by atoms with Crippen LogP contribution in [-0.2, 0) is 9.59 Å². The summed E-state index contributed by atoms with van der Waals surface area (Å²) in [6, 6.07) is -0.312. The van der Waals surface area contributed by atoms with Gasteiger partial charge in [-0.25, -0.2) is 4.79 Å². The third-order valence-electron chi connectivity index (χ3n) is 3.25. The number of nitrogens with zero attached hydrogens (tertiary/aromatic N) is 3. The molecule has 0 aromatic carbocycles. The molecule has 0 aliphatic carbocycles.